The number of hydrogen-bond donors (Lipinski definition) is 12. The van der Waals surface area contributed by atoms with E-state index in [1.54, 1.807) is 65.2 Å². The summed E-state index contributed by atoms with van der Waals surface area (Å²) in [5.41, 5.74) is 16.7. The maximum atomic E-state index is 12.8. The van der Waals surface area contributed by atoms with E-state index in [1.165, 1.54) is 4.57 Å². The van der Waals surface area contributed by atoms with Gasteiger partial charge < -0.3 is 77.5 Å². The normalized spacial score (nSPS) is 11.5. The first-order valence-electron chi connectivity index (χ1n) is 48.6. The van der Waals surface area contributed by atoms with Gasteiger partial charge in [0.15, 0.2) is 49.2 Å². The highest BCUT2D eigenvalue weighted by Crippen LogP contribution is 2.41. The molecule has 32 heteroatoms. The Morgan fingerprint density at radius 1 is 0.390 bits per heavy atom. The van der Waals surface area contributed by atoms with Gasteiger partial charge in [0.2, 0.25) is 0 Å². The molecule has 29 nitrogen and oxygen atoms in total. The molecule has 0 bridgehead atoms. The predicted molar refractivity (Wildman–Crippen MR) is 589 cm³/mol. The molecule has 0 saturated carbocycles. The third-order valence-corrected chi connectivity index (χ3v) is 40.0. The zero-order valence-corrected chi connectivity index (χ0v) is 90.0. The molecule has 0 unspecified atom stereocenters. The molecule has 0 saturated heterocycles. The number of urea groups is 1. The van der Waals surface area contributed by atoms with Crippen LogP contribution < -0.4 is 37.4 Å². The van der Waals surface area contributed by atoms with Crippen LogP contribution in [0.1, 0.15) is 128 Å². The molecule has 0 atom stereocenters. The fourth-order valence-corrected chi connectivity index (χ4v) is 17.8. The number of aryl methyl sites for hydroxylation is 3. The van der Waals surface area contributed by atoms with Gasteiger partial charge in [-0.2, -0.15) is 10.2 Å². The Balaban J connectivity index is 0.000000179. The van der Waals surface area contributed by atoms with Crippen molar-refractivity contribution in [3.63, 3.8) is 0 Å². The van der Waals surface area contributed by atoms with E-state index in [4.69, 9.17) is 43.9 Å². The van der Waals surface area contributed by atoms with Gasteiger partial charge in [-0.05, 0) is 282 Å². The summed E-state index contributed by atoms with van der Waals surface area (Å²) in [5.74, 6) is 7.65. The van der Waals surface area contributed by atoms with Crippen LogP contribution in [0.2, 0.25) is 54.4 Å². The SMILES string of the molecule is CC(C)(C)[Si](C)(C)OCCc1ccc(C=O)c(O)c1.CC(C)(C)[Si](C)(C)OCCc1ccc(C=O)c(OCc2ccccc2)c1.CC(C)(C)[Si](C)(C)OCCc1cccc(O)c1.Cn1ccc2cc(-n3c(-c4ccc(CCO)cc4O)n[nH]c3=O)ccc21.Cn1ccc2cc(-n3c(-c4ccc(CCO)cc4OCc4ccccc4)n[nH]c3=O)ccc21.Cn1ccc2ccc(NC(=O)NN)cc21.OCCc1cccc(O)c1. The van der Waals surface area contributed by atoms with Crippen molar-refractivity contribution in [1.82, 2.24) is 48.7 Å². The van der Waals surface area contributed by atoms with E-state index in [-0.39, 0.29) is 63.6 Å². The monoisotopic (exact) mass is 2030 g/mol. The highest BCUT2D eigenvalue weighted by molar-refractivity contribution is 6.75. The van der Waals surface area contributed by atoms with Gasteiger partial charge in [-0.1, -0.05) is 178 Å². The molecule has 0 aliphatic heterocycles. The van der Waals surface area contributed by atoms with Crippen molar-refractivity contribution in [1.29, 1.82) is 0 Å². The van der Waals surface area contributed by atoms with Crippen LogP contribution in [0.5, 0.6) is 34.5 Å². The van der Waals surface area contributed by atoms with Crippen molar-refractivity contribution < 1.29 is 72.9 Å². The Labute approximate surface area is 857 Å². The number of fused-ring (bicyclic) bond motifs is 3. The van der Waals surface area contributed by atoms with Gasteiger partial charge in [0, 0.05) is 112 Å². The molecule has 0 aliphatic carbocycles. The van der Waals surface area contributed by atoms with E-state index in [1.807, 2.05) is 253 Å². The lowest BCUT2D eigenvalue weighted by Crippen LogP contribution is -2.41. The van der Waals surface area contributed by atoms with Gasteiger partial charge in [0.1, 0.15) is 47.7 Å². The number of hydrogen-bond acceptors (Lipinski definition) is 20. The fourth-order valence-electron chi connectivity index (χ4n) is 14.7. The number of carbonyl (C=O) groups is 3. The molecular weight excluding hydrogens is 1890 g/mol. The Bertz CT molecular complexity index is 7080. The number of phenols is 4. The van der Waals surface area contributed by atoms with E-state index < -0.39 is 31.0 Å². The van der Waals surface area contributed by atoms with Crippen molar-refractivity contribution in [2.75, 3.05) is 45.0 Å². The van der Waals surface area contributed by atoms with Gasteiger partial charge in [-0.3, -0.25) is 15.0 Å². The molecule has 2 amide bonds. The first kappa shape index (κ1) is 114. The van der Waals surface area contributed by atoms with Crippen LogP contribution in [0.4, 0.5) is 10.5 Å². The summed E-state index contributed by atoms with van der Waals surface area (Å²) in [4.78, 5) is 58.1. The maximum Gasteiger partial charge on any atom is 0.348 e. The molecule has 5 heterocycles. The number of hydrazine groups is 1. The van der Waals surface area contributed by atoms with Crippen LogP contribution >= 0.6 is 0 Å². The zero-order valence-electron chi connectivity index (χ0n) is 87.0. The van der Waals surface area contributed by atoms with Gasteiger partial charge >= 0.3 is 17.4 Å². The molecule has 13 N–H and O–H groups in total. The molecule has 772 valence electrons. The van der Waals surface area contributed by atoms with E-state index in [0.717, 1.165) is 115 Å². The van der Waals surface area contributed by atoms with Crippen molar-refractivity contribution in [2.24, 2.45) is 27.0 Å². The molecular formula is C114H142N12O17Si3. The van der Waals surface area contributed by atoms with Gasteiger partial charge in [-0.25, -0.2) is 39.6 Å². The molecule has 16 aromatic rings. The van der Waals surface area contributed by atoms with Crippen molar-refractivity contribution in [2.45, 2.75) is 168 Å². The van der Waals surface area contributed by atoms with Crippen LogP contribution in [-0.4, -0.2) is 162 Å². The Kier molecular flexibility index (Phi) is 40.8. The van der Waals surface area contributed by atoms with E-state index >= 15 is 0 Å². The number of phenolic OH excluding ortho intramolecular Hbond substituents is 4. The molecule has 0 fully saturated rings. The first-order chi connectivity index (χ1) is 69.4. The topological polar surface area (TPSA) is 405 Å². The number of aromatic nitrogens is 9. The van der Waals surface area contributed by atoms with Crippen LogP contribution in [-0.2, 0) is 86.2 Å². The average molecular weight is 2040 g/mol. The highest BCUT2D eigenvalue weighted by atomic mass is 28.4. The number of aliphatic hydroxyl groups is 3. The minimum Gasteiger partial charge on any atom is -0.508 e. The number of anilines is 1. The summed E-state index contributed by atoms with van der Waals surface area (Å²) in [5, 5.41) is 85.2. The second kappa shape index (κ2) is 52.5. The van der Waals surface area contributed by atoms with Gasteiger partial charge in [0.05, 0.1) is 33.6 Å². The number of aromatic amines is 2. The molecule has 0 aliphatic rings. The number of nitrogens with two attached hydrogens (primary N) is 1. The van der Waals surface area contributed by atoms with Crippen molar-refractivity contribution in [3.05, 3.63) is 350 Å². The zero-order chi connectivity index (χ0) is 106. The number of nitrogens with zero attached hydrogens (tertiary/aromatic N) is 7. The number of aldehydes is 2. The average Bonchev–Trinajstić information content (AvgIpc) is 1.62. The summed E-state index contributed by atoms with van der Waals surface area (Å²) in [6.45, 7) is 36.7. The highest BCUT2D eigenvalue weighted by Gasteiger charge is 2.39. The van der Waals surface area contributed by atoms with Gasteiger partial charge in [0.25, 0.3) is 0 Å². The van der Waals surface area contributed by atoms with E-state index in [0.29, 0.717) is 115 Å². The third-order valence-electron chi connectivity index (χ3n) is 26.4. The Morgan fingerprint density at radius 2 is 0.767 bits per heavy atom. The number of H-pyrrole nitrogens is 2. The lowest BCUT2D eigenvalue weighted by Gasteiger charge is -2.36. The summed E-state index contributed by atoms with van der Waals surface area (Å²) < 4.78 is 39.5. The van der Waals surface area contributed by atoms with Crippen molar-refractivity contribution >= 4 is 82.0 Å². The summed E-state index contributed by atoms with van der Waals surface area (Å²) in [6.07, 6.45) is 11.4. The van der Waals surface area contributed by atoms with E-state index in [2.05, 4.69) is 127 Å². The Morgan fingerprint density at radius 3 is 1.20 bits per heavy atom. The van der Waals surface area contributed by atoms with Crippen LogP contribution in [0.3, 0.4) is 0 Å². The number of benzene rings is 11. The van der Waals surface area contributed by atoms with Gasteiger partial charge in [-0.15, -0.1) is 0 Å². The van der Waals surface area contributed by atoms with Crippen LogP contribution in [0, 0.1) is 0 Å². The number of nitrogens with one attached hydrogen (secondary N) is 4. The smallest absolute Gasteiger partial charge is 0.348 e. The van der Waals surface area contributed by atoms with Crippen molar-refractivity contribution in [3.8, 4) is 68.6 Å². The number of aliphatic hydroxyl groups excluding tert-OH is 3. The van der Waals surface area contributed by atoms with E-state index in [9.17, 15) is 44.4 Å². The Hall–Kier alpha value is -14.3. The summed E-state index contributed by atoms with van der Waals surface area (Å²) in [7, 11) is 0.823. The second-order valence-corrected chi connectivity index (χ2v) is 54.5. The quantitative estimate of drug-likeness (QED) is 0.00631. The van der Waals surface area contributed by atoms with Crippen LogP contribution in [0.25, 0.3) is 66.9 Å². The summed E-state index contributed by atoms with van der Waals surface area (Å²) in [6, 6.07) is 78.7. The second-order valence-electron chi connectivity index (χ2n) is 40.1. The molecule has 11 aromatic carbocycles. The summed E-state index contributed by atoms with van der Waals surface area (Å²) >= 11 is 0. The predicted octanol–water partition coefficient (Wildman–Crippen LogP) is 21.3. The molecule has 146 heavy (non-hydrogen) atoms. The van der Waals surface area contributed by atoms with Crippen LogP contribution in [0.15, 0.2) is 283 Å². The number of amides is 2. The standard InChI is InChI=1S/C26H24N4O3.C22H30O3Si.C19H18N4O3.C15H24O3Si.C14H24O2Si.C10H12N4O.C8H10O2/c1-29-13-11-20-16-21(8-10-23(20)29)30-25(27-28-26(30)32)22-9-7-18(12-14-31)15-24(22)33-17-19-5-3-2-4-6-19;1-22(2,3)26(4,5)25-14-13-18-11-12-20(16-23)21(15-18)24-17-19-9-7-6-8-10-19;1-22-8-6-13-11-14(3-5-16(13)22)23-18(20-21-19(23)26)15-4-2-12(7-9-24)10-17(15)25;1-15(2,3)19(4,5)18-9-8-12-6-7-13(11-16)14(17)10-12;1-14(2,3)17(4,5)16-10-9-12-7-6-8-13(15)11-12;1-14-5-4-7-2-3-8(6-9(7)14)12-10(15)13-11;9-5-4-7-2-1-3-8(10)6-7/h2-11,13,15-16,31H,12,14,17H2,1H3,(H,28,32);6-12,15-16H,13-14,17H2,1-5H3;2-6,8,10-11,24-25H,7,9H2,1H3,(H,21,26);6-7,10-11,17H,8-9H2,1-5H3;6-8,11,15H,9-10H2,1-5H3;2-6H,11H2,1H3,(H2,12,13,15);1-3,6,9-10H,4-5H2. The largest absolute Gasteiger partial charge is 0.508 e. The minimum absolute atomic E-state index is 0.00297. The third kappa shape index (κ3) is 32.1. The molecule has 0 radical (unpaired) electrons. The number of rotatable bonds is 31. The minimum atomic E-state index is -1.74. The first-order valence-corrected chi connectivity index (χ1v) is 57.3. The fraction of sp³-hybridized carbons (Fsp3) is 0.307. The number of aromatic hydroxyl groups is 4. The maximum absolute atomic E-state index is 12.8. The molecule has 16 rings (SSSR count). The lowest BCUT2D eigenvalue weighted by molar-refractivity contribution is 0.111. The molecule has 5 aromatic heterocycles. The lowest BCUT2D eigenvalue weighted by atomic mass is 10.1. The molecule has 0 spiro atoms. The number of ether oxygens (including phenoxy) is 2. The number of carbonyl (C=O) groups excluding carboxylic acids is 3.